The molecule has 0 radical (unpaired) electrons. The van der Waals surface area contributed by atoms with Gasteiger partial charge in [0.25, 0.3) is 0 Å². The summed E-state index contributed by atoms with van der Waals surface area (Å²) in [6, 6.07) is 0. The third-order valence-corrected chi connectivity index (χ3v) is 3.78. The van der Waals surface area contributed by atoms with E-state index in [0.29, 0.717) is 17.1 Å². The number of ketones is 1. The third kappa shape index (κ3) is 3.48. The molecule has 0 aromatic heterocycles. The first-order valence-electron chi connectivity index (χ1n) is 6.10. The number of rotatable bonds is 4. The fraction of sp³-hybridized carbons (Fsp3) is 0.786. The van der Waals surface area contributed by atoms with Crippen LogP contribution in [0, 0.1) is 11.3 Å². The van der Waals surface area contributed by atoms with Crippen molar-refractivity contribution in [3.05, 3.63) is 12.2 Å². The van der Waals surface area contributed by atoms with Crippen LogP contribution in [0.3, 0.4) is 0 Å². The maximum Gasteiger partial charge on any atom is 0.129 e. The van der Waals surface area contributed by atoms with Gasteiger partial charge in [-0.15, -0.1) is 0 Å². The van der Waals surface area contributed by atoms with Crippen molar-refractivity contribution in [2.24, 2.45) is 11.3 Å². The molecule has 1 aliphatic carbocycles. The molecule has 1 rings (SSSR count). The van der Waals surface area contributed by atoms with Crippen molar-refractivity contribution in [3.8, 4) is 0 Å². The quantitative estimate of drug-likeness (QED) is 0.635. The average Bonchev–Trinajstić information content (AvgIpc) is 2.09. The molecule has 15 heavy (non-hydrogen) atoms. The highest BCUT2D eigenvalue weighted by Gasteiger charge is 2.33. The average molecular weight is 208 g/mol. The highest BCUT2D eigenvalue weighted by Crippen LogP contribution is 2.45. The van der Waals surface area contributed by atoms with Gasteiger partial charge in [-0.25, -0.2) is 0 Å². The van der Waals surface area contributed by atoms with Gasteiger partial charge in [-0.3, -0.25) is 0 Å². The molecule has 0 N–H and O–H groups in total. The largest absolute Gasteiger partial charge is 0.300 e. The van der Waals surface area contributed by atoms with Gasteiger partial charge in [0.2, 0.25) is 0 Å². The Bertz CT molecular complexity index is 250. The van der Waals surface area contributed by atoms with Crippen LogP contribution in [0.2, 0.25) is 0 Å². The number of carbonyl (C=O) groups excluding carboxylic acids is 1. The summed E-state index contributed by atoms with van der Waals surface area (Å²) in [6.45, 7) is 10.6. The molecular formula is C14H24O. The van der Waals surface area contributed by atoms with Crippen LogP contribution >= 0.6 is 0 Å². The van der Waals surface area contributed by atoms with Crippen LogP contribution < -0.4 is 0 Å². The Morgan fingerprint density at radius 1 is 1.53 bits per heavy atom. The van der Waals surface area contributed by atoms with Crippen molar-refractivity contribution in [1.82, 2.24) is 0 Å². The summed E-state index contributed by atoms with van der Waals surface area (Å²) in [5, 5.41) is 0. The first kappa shape index (κ1) is 12.5. The summed E-state index contributed by atoms with van der Waals surface area (Å²) in [5.41, 5.74) is 1.81. The highest BCUT2D eigenvalue weighted by atomic mass is 16.1. The van der Waals surface area contributed by atoms with Crippen LogP contribution in [0.4, 0.5) is 0 Å². The van der Waals surface area contributed by atoms with Gasteiger partial charge in [-0.2, -0.15) is 0 Å². The van der Waals surface area contributed by atoms with E-state index in [2.05, 4.69) is 20.4 Å². The molecule has 0 aliphatic heterocycles. The number of hydrogen-bond donors (Lipinski definition) is 0. The summed E-state index contributed by atoms with van der Waals surface area (Å²) in [4.78, 5) is 10.9. The van der Waals surface area contributed by atoms with Gasteiger partial charge in [-0.05, 0) is 50.4 Å². The Morgan fingerprint density at radius 3 is 2.73 bits per heavy atom. The molecule has 0 saturated heterocycles. The minimum absolute atomic E-state index is 0.314. The zero-order valence-corrected chi connectivity index (χ0v) is 10.4. The molecule has 0 bridgehead atoms. The topological polar surface area (TPSA) is 17.1 Å². The predicted octanol–water partition coefficient (Wildman–Crippen LogP) is 4.13. The monoisotopic (exact) mass is 208 g/mol. The van der Waals surface area contributed by atoms with Crippen molar-refractivity contribution in [2.75, 3.05) is 0 Å². The second-order valence-electron chi connectivity index (χ2n) is 5.65. The van der Waals surface area contributed by atoms with Crippen LogP contribution in [0.5, 0.6) is 0 Å². The lowest BCUT2D eigenvalue weighted by Crippen LogP contribution is -2.29. The Labute approximate surface area is 93.9 Å². The van der Waals surface area contributed by atoms with E-state index in [1.54, 1.807) is 6.92 Å². The molecule has 0 amide bonds. The first-order chi connectivity index (χ1) is 6.93. The van der Waals surface area contributed by atoms with E-state index in [0.717, 1.165) is 19.3 Å². The lowest BCUT2D eigenvalue weighted by Gasteiger charge is -2.40. The lowest BCUT2D eigenvalue weighted by molar-refractivity contribution is -0.117. The van der Waals surface area contributed by atoms with Gasteiger partial charge in [-0.1, -0.05) is 26.0 Å². The molecule has 1 unspecified atom stereocenters. The fourth-order valence-electron chi connectivity index (χ4n) is 2.82. The molecule has 0 heterocycles. The molecular weight excluding hydrogens is 184 g/mol. The molecule has 1 nitrogen and oxygen atoms in total. The van der Waals surface area contributed by atoms with Crippen molar-refractivity contribution in [3.63, 3.8) is 0 Å². The number of Topliss-reactive ketones (excluding diaryl/α,β-unsaturated/α-hetero) is 1. The van der Waals surface area contributed by atoms with E-state index in [-0.39, 0.29) is 0 Å². The highest BCUT2D eigenvalue weighted by molar-refractivity contribution is 5.75. The Balaban J connectivity index is 2.49. The summed E-state index contributed by atoms with van der Waals surface area (Å²) in [6.07, 6.45) is 6.69. The third-order valence-electron chi connectivity index (χ3n) is 3.78. The van der Waals surface area contributed by atoms with Crippen molar-refractivity contribution < 1.29 is 4.79 Å². The minimum Gasteiger partial charge on any atom is -0.300 e. The van der Waals surface area contributed by atoms with E-state index >= 15 is 0 Å². The predicted molar refractivity (Wildman–Crippen MR) is 64.8 cm³/mol. The van der Waals surface area contributed by atoms with Crippen molar-refractivity contribution in [1.29, 1.82) is 0 Å². The minimum atomic E-state index is 0.314. The van der Waals surface area contributed by atoms with Gasteiger partial charge in [0.15, 0.2) is 0 Å². The molecule has 0 aromatic rings. The van der Waals surface area contributed by atoms with Crippen molar-refractivity contribution in [2.45, 2.75) is 59.3 Å². The number of hydrogen-bond acceptors (Lipinski definition) is 1. The maximum absolute atomic E-state index is 10.9. The molecule has 1 aliphatic rings. The Morgan fingerprint density at radius 2 is 2.20 bits per heavy atom. The first-order valence-corrected chi connectivity index (χ1v) is 6.10. The summed E-state index contributed by atoms with van der Waals surface area (Å²) in [7, 11) is 0. The zero-order chi connectivity index (χ0) is 11.5. The molecule has 1 atom stereocenters. The van der Waals surface area contributed by atoms with Crippen LogP contribution in [-0.2, 0) is 4.79 Å². The standard InChI is InChI=1S/C14H24O/c1-11-7-6-10-14(3,4)13(11)9-5-8-12(2)15/h13H,1,5-10H2,2-4H3. The van der Waals surface area contributed by atoms with Gasteiger partial charge >= 0.3 is 0 Å². The summed E-state index contributed by atoms with van der Waals surface area (Å²) in [5.74, 6) is 0.944. The summed E-state index contributed by atoms with van der Waals surface area (Å²) >= 11 is 0. The zero-order valence-electron chi connectivity index (χ0n) is 10.4. The van der Waals surface area contributed by atoms with Gasteiger partial charge in [0.05, 0.1) is 0 Å². The smallest absolute Gasteiger partial charge is 0.129 e. The van der Waals surface area contributed by atoms with E-state index in [4.69, 9.17) is 0 Å². The van der Waals surface area contributed by atoms with E-state index < -0.39 is 0 Å². The molecule has 1 saturated carbocycles. The van der Waals surface area contributed by atoms with Gasteiger partial charge in [0.1, 0.15) is 5.78 Å². The van der Waals surface area contributed by atoms with E-state index in [9.17, 15) is 4.79 Å². The second kappa shape index (κ2) is 4.96. The second-order valence-corrected chi connectivity index (χ2v) is 5.65. The molecule has 0 aromatic carbocycles. The van der Waals surface area contributed by atoms with Gasteiger partial charge < -0.3 is 4.79 Å². The number of allylic oxidation sites excluding steroid dienone is 1. The van der Waals surface area contributed by atoms with E-state index in [1.165, 1.54) is 24.8 Å². The molecule has 1 heteroatoms. The Kier molecular flexibility index (Phi) is 4.12. The fourth-order valence-corrected chi connectivity index (χ4v) is 2.82. The van der Waals surface area contributed by atoms with Crippen LogP contribution in [0.1, 0.15) is 59.3 Å². The summed E-state index contributed by atoms with van der Waals surface area (Å²) < 4.78 is 0. The number of carbonyl (C=O) groups is 1. The lowest BCUT2D eigenvalue weighted by atomic mass is 9.65. The SMILES string of the molecule is C=C1CCCC(C)(C)C1CCCC(C)=O. The van der Waals surface area contributed by atoms with Crippen LogP contribution in [0.15, 0.2) is 12.2 Å². The van der Waals surface area contributed by atoms with Crippen molar-refractivity contribution >= 4 is 5.78 Å². The Hall–Kier alpha value is -0.590. The van der Waals surface area contributed by atoms with Gasteiger partial charge in [0, 0.05) is 6.42 Å². The van der Waals surface area contributed by atoms with Crippen LogP contribution in [-0.4, -0.2) is 5.78 Å². The normalized spacial score (nSPS) is 25.3. The molecule has 1 fully saturated rings. The van der Waals surface area contributed by atoms with E-state index in [1.807, 2.05) is 0 Å². The maximum atomic E-state index is 10.9. The van der Waals surface area contributed by atoms with Crippen LogP contribution in [0.25, 0.3) is 0 Å². The molecule has 86 valence electrons. The molecule has 0 spiro atoms.